The fourth-order valence-corrected chi connectivity index (χ4v) is 2.81. The fraction of sp³-hybridized carbons (Fsp3) is 0.0667. The number of benzene rings is 1. The highest BCUT2D eigenvalue weighted by molar-refractivity contribution is 7.07. The Hall–Kier alpha value is -3.07. The lowest BCUT2D eigenvalue weighted by molar-refractivity contribution is -0.402. The number of rotatable bonds is 4. The normalized spacial score (nSPS) is 12.2. The number of thiazole rings is 1. The van der Waals surface area contributed by atoms with Crippen molar-refractivity contribution in [2.45, 2.75) is 0 Å². The van der Waals surface area contributed by atoms with Gasteiger partial charge in [0.25, 0.3) is 0 Å². The van der Waals surface area contributed by atoms with Crippen molar-refractivity contribution in [3.8, 4) is 11.3 Å². The Morgan fingerprint density at radius 3 is 2.67 bits per heavy atom. The minimum Gasteiger partial charge on any atom is -0.400 e. The third kappa shape index (κ3) is 3.15. The molecule has 3 rings (SSSR count). The molecule has 0 spiro atoms. The molecule has 0 fully saturated rings. The molecule has 0 N–H and O–H groups in total. The molecule has 0 aliphatic rings. The van der Waals surface area contributed by atoms with Gasteiger partial charge in [0.1, 0.15) is 10.7 Å². The molecular formula is C15H11FN4O3S. The van der Waals surface area contributed by atoms with Crippen LogP contribution in [0.1, 0.15) is 5.76 Å². The fourth-order valence-electron chi connectivity index (χ4n) is 2.01. The molecule has 0 radical (unpaired) electrons. The Labute approximate surface area is 139 Å². The van der Waals surface area contributed by atoms with Gasteiger partial charge in [0.05, 0.1) is 18.0 Å². The molecule has 0 atom stereocenters. The van der Waals surface area contributed by atoms with E-state index in [9.17, 15) is 14.5 Å². The molecule has 2 aromatic heterocycles. The molecule has 24 heavy (non-hydrogen) atoms. The van der Waals surface area contributed by atoms with E-state index in [0.29, 0.717) is 4.80 Å². The highest BCUT2D eigenvalue weighted by atomic mass is 32.1. The Kier molecular flexibility index (Phi) is 4.34. The van der Waals surface area contributed by atoms with Crippen LogP contribution in [0.3, 0.4) is 0 Å². The third-order valence-corrected chi connectivity index (χ3v) is 4.02. The number of hydrogen-bond acceptors (Lipinski definition) is 6. The van der Waals surface area contributed by atoms with E-state index in [2.05, 4.69) is 10.1 Å². The van der Waals surface area contributed by atoms with Crippen molar-refractivity contribution in [2.24, 2.45) is 10.1 Å². The molecule has 0 unspecified atom stereocenters. The van der Waals surface area contributed by atoms with Crippen LogP contribution >= 0.6 is 11.3 Å². The number of halogens is 1. The highest BCUT2D eigenvalue weighted by Gasteiger charge is 2.11. The molecule has 3 aromatic rings. The molecule has 0 aliphatic carbocycles. The topological polar surface area (TPSA) is 85.9 Å². The number of nitrogens with zero attached hydrogens (tertiary/aromatic N) is 4. The molecule has 0 bridgehead atoms. The summed E-state index contributed by atoms with van der Waals surface area (Å²) in [7, 11) is 1.63. The van der Waals surface area contributed by atoms with Crippen molar-refractivity contribution in [2.75, 3.05) is 7.05 Å². The van der Waals surface area contributed by atoms with Gasteiger partial charge in [-0.05, 0) is 30.3 Å². The third-order valence-electron chi connectivity index (χ3n) is 3.11. The van der Waals surface area contributed by atoms with Gasteiger partial charge >= 0.3 is 5.88 Å². The van der Waals surface area contributed by atoms with Crippen LogP contribution in [-0.2, 0) is 0 Å². The van der Waals surface area contributed by atoms with Gasteiger partial charge in [0, 0.05) is 18.0 Å². The van der Waals surface area contributed by atoms with E-state index >= 15 is 0 Å². The van der Waals surface area contributed by atoms with E-state index in [-0.39, 0.29) is 17.5 Å². The second-order valence-electron chi connectivity index (χ2n) is 4.62. The largest absolute Gasteiger partial charge is 0.433 e. The van der Waals surface area contributed by atoms with Gasteiger partial charge in [-0.15, -0.1) is 11.3 Å². The summed E-state index contributed by atoms with van der Waals surface area (Å²) in [6.45, 7) is 0. The van der Waals surface area contributed by atoms with Crippen LogP contribution in [0.4, 0.5) is 10.3 Å². The predicted octanol–water partition coefficient (Wildman–Crippen LogP) is 3.27. The maximum Gasteiger partial charge on any atom is 0.433 e. The van der Waals surface area contributed by atoms with E-state index in [4.69, 9.17) is 4.42 Å². The van der Waals surface area contributed by atoms with Gasteiger partial charge in [-0.1, -0.05) is 0 Å². The SMILES string of the molecule is CN=c1scc(-c2ccc(F)cc2)n1N=Cc1ccc([N+](=O)[O-])o1. The molecule has 7 nitrogen and oxygen atoms in total. The average molecular weight is 346 g/mol. The van der Waals surface area contributed by atoms with Crippen LogP contribution < -0.4 is 4.80 Å². The molecule has 0 saturated carbocycles. The Morgan fingerprint density at radius 2 is 2.04 bits per heavy atom. The van der Waals surface area contributed by atoms with Gasteiger partial charge in [-0.3, -0.25) is 15.1 Å². The summed E-state index contributed by atoms with van der Waals surface area (Å²) in [6.07, 6.45) is 1.36. The first-order valence-electron chi connectivity index (χ1n) is 6.76. The summed E-state index contributed by atoms with van der Waals surface area (Å²) in [5.41, 5.74) is 1.49. The van der Waals surface area contributed by atoms with Crippen molar-refractivity contribution in [3.63, 3.8) is 0 Å². The predicted molar refractivity (Wildman–Crippen MR) is 87.5 cm³/mol. The van der Waals surface area contributed by atoms with Crippen LogP contribution in [0.15, 0.2) is 56.3 Å². The standard InChI is InChI=1S/C15H11FN4O3S/c1-17-15-19(18-8-12-6-7-14(23-12)20(21)22)13(9-24-15)10-2-4-11(16)5-3-10/h2-9H,1H3. The quantitative estimate of drug-likeness (QED) is 0.413. The molecule has 0 aliphatic heterocycles. The van der Waals surface area contributed by atoms with E-state index < -0.39 is 4.92 Å². The first kappa shape index (κ1) is 15.8. The number of aromatic nitrogens is 1. The molecule has 1 aromatic carbocycles. The van der Waals surface area contributed by atoms with Crippen molar-refractivity contribution in [1.29, 1.82) is 0 Å². The minimum absolute atomic E-state index is 0.243. The van der Waals surface area contributed by atoms with Gasteiger partial charge < -0.3 is 4.42 Å². The highest BCUT2D eigenvalue weighted by Crippen LogP contribution is 2.21. The summed E-state index contributed by atoms with van der Waals surface area (Å²) in [5, 5.41) is 16.8. The number of furan rings is 1. The molecule has 0 amide bonds. The summed E-state index contributed by atoms with van der Waals surface area (Å²) in [5.74, 6) is -0.439. The smallest absolute Gasteiger partial charge is 0.400 e. The summed E-state index contributed by atoms with van der Waals surface area (Å²) >= 11 is 1.37. The molecule has 9 heteroatoms. The zero-order valence-electron chi connectivity index (χ0n) is 12.4. The van der Waals surface area contributed by atoms with Gasteiger partial charge in [-0.2, -0.15) is 5.10 Å². The van der Waals surface area contributed by atoms with Crippen LogP contribution in [-0.4, -0.2) is 22.9 Å². The van der Waals surface area contributed by atoms with Gasteiger partial charge in [0.15, 0.2) is 5.76 Å². The maximum absolute atomic E-state index is 13.1. The molecule has 0 saturated heterocycles. The van der Waals surface area contributed by atoms with E-state index in [1.54, 1.807) is 23.9 Å². The lowest BCUT2D eigenvalue weighted by atomic mass is 10.2. The van der Waals surface area contributed by atoms with E-state index in [1.807, 2.05) is 5.38 Å². The lowest BCUT2D eigenvalue weighted by Gasteiger charge is -2.02. The zero-order chi connectivity index (χ0) is 17.1. The van der Waals surface area contributed by atoms with Crippen molar-refractivity contribution in [1.82, 2.24) is 4.68 Å². The lowest BCUT2D eigenvalue weighted by Crippen LogP contribution is -2.11. The van der Waals surface area contributed by atoms with Crippen molar-refractivity contribution >= 4 is 23.4 Å². The van der Waals surface area contributed by atoms with Crippen LogP contribution in [0.25, 0.3) is 11.3 Å². The first-order chi connectivity index (χ1) is 11.6. The van der Waals surface area contributed by atoms with E-state index in [0.717, 1.165) is 11.3 Å². The van der Waals surface area contributed by atoms with Gasteiger partial charge in [-0.25, -0.2) is 9.07 Å². The number of hydrogen-bond donors (Lipinski definition) is 0. The maximum atomic E-state index is 13.1. The Balaban J connectivity index is 2.00. The van der Waals surface area contributed by atoms with E-state index in [1.165, 1.54) is 41.8 Å². The van der Waals surface area contributed by atoms with Gasteiger partial charge in [0.2, 0.25) is 4.80 Å². The molecule has 2 heterocycles. The average Bonchev–Trinajstić information content (AvgIpc) is 3.20. The van der Waals surface area contributed by atoms with Crippen LogP contribution in [0.2, 0.25) is 0 Å². The molecular weight excluding hydrogens is 335 g/mol. The minimum atomic E-state index is -0.619. The first-order valence-corrected chi connectivity index (χ1v) is 7.64. The van der Waals surface area contributed by atoms with Crippen molar-refractivity contribution in [3.05, 3.63) is 68.3 Å². The molecule has 122 valence electrons. The zero-order valence-corrected chi connectivity index (χ0v) is 13.2. The van der Waals surface area contributed by atoms with Crippen molar-refractivity contribution < 1.29 is 13.7 Å². The Bertz CT molecular complexity index is 969. The Morgan fingerprint density at radius 1 is 1.29 bits per heavy atom. The van der Waals surface area contributed by atoms with Crippen LogP contribution in [0.5, 0.6) is 0 Å². The number of nitro groups is 1. The summed E-state index contributed by atoms with van der Waals surface area (Å²) in [4.78, 5) is 14.8. The monoisotopic (exact) mass is 346 g/mol. The summed E-state index contributed by atoms with van der Waals surface area (Å²) in [6, 6.07) is 8.71. The van der Waals surface area contributed by atoms with Crippen LogP contribution in [0, 0.1) is 15.9 Å². The second-order valence-corrected chi connectivity index (χ2v) is 5.46. The summed E-state index contributed by atoms with van der Waals surface area (Å²) < 4.78 is 19.7. The second kappa shape index (κ2) is 6.59.